The smallest absolute Gasteiger partial charge is 0.274 e. The molecule has 9 nitrogen and oxygen atoms in total. The summed E-state index contributed by atoms with van der Waals surface area (Å²) >= 11 is 0. The minimum atomic E-state index is -0.220. The minimum Gasteiger partial charge on any atom is -0.497 e. The van der Waals surface area contributed by atoms with Crippen LogP contribution >= 0.6 is 0 Å². The monoisotopic (exact) mass is 502 g/mol. The van der Waals surface area contributed by atoms with Crippen LogP contribution in [0, 0.1) is 0 Å². The molecule has 3 heterocycles. The molecule has 0 atom stereocenters. The molecule has 0 radical (unpaired) electrons. The van der Waals surface area contributed by atoms with Crippen LogP contribution in [0.3, 0.4) is 0 Å². The quantitative estimate of drug-likeness (QED) is 0.361. The number of imidazole rings is 1. The SMILES string of the molecule is COc1ccc(OCC(=O)Nc2ccc3c(c2)nc(CC[NH+]2CCN(c4cccc[nH+]4)CC2)n3C)cc1. The average Bonchev–Trinajstić information content (AvgIpc) is 3.26. The largest absolute Gasteiger partial charge is 0.497 e. The summed E-state index contributed by atoms with van der Waals surface area (Å²) in [6, 6.07) is 19.2. The van der Waals surface area contributed by atoms with Crippen molar-refractivity contribution in [2.75, 3.05) is 56.7 Å². The molecule has 4 aromatic rings. The third-order valence-electron chi connectivity index (χ3n) is 6.89. The van der Waals surface area contributed by atoms with Gasteiger partial charge in [-0.25, -0.2) is 9.97 Å². The number of amides is 1. The van der Waals surface area contributed by atoms with Crippen molar-refractivity contribution in [2.24, 2.45) is 7.05 Å². The van der Waals surface area contributed by atoms with Crippen molar-refractivity contribution in [3.63, 3.8) is 0 Å². The first-order valence-electron chi connectivity index (χ1n) is 12.7. The number of rotatable bonds is 9. The number of carbonyl (C=O) groups excluding carboxylic acids is 1. The Balaban J connectivity index is 1.13. The van der Waals surface area contributed by atoms with E-state index in [1.165, 1.54) is 5.82 Å². The van der Waals surface area contributed by atoms with Gasteiger partial charge in [-0.1, -0.05) is 6.07 Å². The molecule has 37 heavy (non-hydrogen) atoms. The molecule has 0 bridgehead atoms. The third-order valence-corrected chi connectivity index (χ3v) is 6.89. The number of piperazine rings is 1. The molecule has 0 unspecified atom stereocenters. The molecule has 0 aliphatic carbocycles. The summed E-state index contributed by atoms with van der Waals surface area (Å²) in [6.07, 6.45) is 2.89. The highest BCUT2D eigenvalue weighted by Gasteiger charge is 2.26. The van der Waals surface area contributed by atoms with E-state index in [0.717, 1.165) is 61.8 Å². The Kier molecular flexibility index (Phi) is 7.51. The Morgan fingerprint density at radius 1 is 1.08 bits per heavy atom. The van der Waals surface area contributed by atoms with Crippen molar-refractivity contribution in [3.05, 3.63) is 72.7 Å². The Morgan fingerprint density at radius 3 is 2.59 bits per heavy atom. The molecule has 1 fully saturated rings. The predicted molar refractivity (Wildman–Crippen MR) is 142 cm³/mol. The zero-order valence-corrected chi connectivity index (χ0v) is 21.4. The first-order chi connectivity index (χ1) is 18.1. The maximum atomic E-state index is 12.4. The van der Waals surface area contributed by atoms with Gasteiger partial charge in [-0.2, -0.15) is 0 Å². The van der Waals surface area contributed by atoms with Crippen LogP contribution in [-0.4, -0.2) is 61.9 Å². The number of aromatic nitrogens is 3. The Labute approximate surface area is 216 Å². The van der Waals surface area contributed by atoms with Gasteiger partial charge in [-0.3, -0.25) is 9.69 Å². The number of quaternary nitrogens is 1. The summed E-state index contributed by atoms with van der Waals surface area (Å²) in [4.78, 5) is 24.6. The molecule has 1 amide bonds. The fraction of sp³-hybridized carbons (Fsp3) is 0.321. The number of nitrogens with one attached hydrogen (secondary N) is 3. The maximum Gasteiger partial charge on any atom is 0.274 e. The molecule has 2 aromatic carbocycles. The lowest BCUT2D eigenvalue weighted by molar-refractivity contribution is -0.900. The highest BCUT2D eigenvalue weighted by atomic mass is 16.5. The normalized spacial score (nSPS) is 14.1. The summed E-state index contributed by atoms with van der Waals surface area (Å²) in [6.45, 7) is 5.29. The van der Waals surface area contributed by atoms with Crippen LogP contribution in [0.1, 0.15) is 5.82 Å². The van der Waals surface area contributed by atoms with E-state index >= 15 is 0 Å². The molecule has 1 aliphatic rings. The number of aromatic amines is 1. The number of nitrogens with zero attached hydrogens (tertiary/aromatic N) is 3. The van der Waals surface area contributed by atoms with Gasteiger partial charge in [0, 0.05) is 18.8 Å². The van der Waals surface area contributed by atoms with Crippen molar-refractivity contribution in [1.82, 2.24) is 9.55 Å². The summed E-state index contributed by atoms with van der Waals surface area (Å²) < 4.78 is 12.9. The molecule has 9 heteroatoms. The van der Waals surface area contributed by atoms with Gasteiger partial charge >= 0.3 is 0 Å². The lowest BCUT2D eigenvalue weighted by Crippen LogP contribution is -3.15. The standard InChI is InChI=1S/C28H32N6O3/c1-32-25-11-6-21(30-28(35)20-37-23-9-7-22(36-2)8-10-23)19-24(25)31-27(32)12-14-33-15-17-34(18-16-33)26-5-3-4-13-29-26/h3-11,13,19H,12,14-18,20H2,1-2H3,(H,30,35)/p+2. The van der Waals surface area contributed by atoms with Gasteiger partial charge in [0.15, 0.2) is 6.61 Å². The van der Waals surface area contributed by atoms with E-state index in [-0.39, 0.29) is 12.5 Å². The molecule has 1 saturated heterocycles. The van der Waals surface area contributed by atoms with Crippen molar-refractivity contribution in [2.45, 2.75) is 6.42 Å². The fourth-order valence-electron chi connectivity index (χ4n) is 4.75. The van der Waals surface area contributed by atoms with Crippen molar-refractivity contribution >= 4 is 28.4 Å². The number of pyridine rings is 1. The Hall–Kier alpha value is -4.11. The number of anilines is 2. The second kappa shape index (κ2) is 11.3. The van der Waals surface area contributed by atoms with E-state index in [4.69, 9.17) is 14.5 Å². The zero-order valence-electron chi connectivity index (χ0n) is 21.4. The topological polar surface area (TPSA) is 87.2 Å². The van der Waals surface area contributed by atoms with Crippen molar-refractivity contribution in [3.8, 4) is 11.5 Å². The highest BCUT2D eigenvalue weighted by molar-refractivity contribution is 5.94. The minimum absolute atomic E-state index is 0.0732. The van der Waals surface area contributed by atoms with Crippen LogP contribution in [-0.2, 0) is 18.3 Å². The number of carbonyl (C=O) groups is 1. The average molecular weight is 503 g/mol. The fourth-order valence-corrected chi connectivity index (χ4v) is 4.75. The van der Waals surface area contributed by atoms with Gasteiger partial charge in [0.05, 0.1) is 37.3 Å². The van der Waals surface area contributed by atoms with Gasteiger partial charge in [-0.15, -0.1) is 0 Å². The second-order valence-electron chi connectivity index (χ2n) is 9.29. The van der Waals surface area contributed by atoms with E-state index in [9.17, 15) is 4.79 Å². The highest BCUT2D eigenvalue weighted by Crippen LogP contribution is 2.20. The van der Waals surface area contributed by atoms with Crippen LogP contribution in [0.2, 0.25) is 0 Å². The van der Waals surface area contributed by atoms with Gasteiger partial charge in [-0.05, 0) is 48.5 Å². The molecule has 0 spiro atoms. The van der Waals surface area contributed by atoms with Crippen molar-refractivity contribution < 1.29 is 24.2 Å². The molecule has 0 saturated carbocycles. The van der Waals surface area contributed by atoms with Crippen LogP contribution < -0.4 is 29.6 Å². The molecule has 3 N–H and O–H groups in total. The zero-order chi connectivity index (χ0) is 25.6. The number of ether oxygens (including phenoxy) is 2. The van der Waals surface area contributed by atoms with E-state index in [1.807, 2.05) is 30.5 Å². The van der Waals surface area contributed by atoms with Gasteiger partial charge in [0.25, 0.3) is 11.7 Å². The summed E-state index contributed by atoms with van der Waals surface area (Å²) in [5, 5.41) is 2.91. The van der Waals surface area contributed by atoms with Gasteiger partial charge in [0.2, 0.25) is 0 Å². The van der Waals surface area contributed by atoms with Crippen molar-refractivity contribution in [1.29, 1.82) is 0 Å². The molecule has 192 valence electrons. The van der Waals surface area contributed by atoms with Crippen LogP contribution in [0.15, 0.2) is 66.9 Å². The lowest BCUT2D eigenvalue weighted by atomic mass is 10.2. The van der Waals surface area contributed by atoms with Gasteiger partial charge < -0.3 is 24.3 Å². The number of benzene rings is 2. The van der Waals surface area contributed by atoms with E-state index in [2.05, 4.69) is 38.9 Å². The van der Waals surface area contributed by atoms with E-state index in [1.54, 1.807) is 36.3 Å². The first-order valence-corrected chi connectivity index (χ1v) is 12.7. The van der Waals surface area contributed by atoms with Gasteiger partial charge in [0.1, 0.15) is 43.5 Å². The number of hydrogen-bond donors (Lipinski definition) is 2. The molecule has 2 aromatic heterocycles. The molecule has 1 aliphatic heterocycles. The number of H-pyrrole nitrogens is 1. The summed E-state index contributed by atoms with van der Waals surface area (Å²) in [7, 11) is 3.67. The summed E-state index contributed by atoms with van der Waals surface area (Å²) in [5.74, 6) is 3.38. The Morgan fingerprint density at radius 2 is 1.86 bits per heavy atom. The predicted octanol–water partition coefficient (Wildman–Crippen LogP) is 1.36. The molecular weight excluding hydrogens is 468 g/mol. The maximum absolute atomic E-state index is 12.4. The Bertz CT molecular complexity index is 1330. The third kappa shape index (κ3) is 6.00. The molecule has 5 rings (SSSR count). The van der Waals surface area contributed by atoms with Crippen LogP contribution in [0.25, 0.3) is 11.0 Å². The van der Waals surface area contributed by atoms with E-state index < -0.39 is 0 Å². The number of hydrogen-bond acceptors (Lipinski definition) is 5. The second-order valence-corrected chi connectivity index (χ2v) is 9.29. The van der Waals surface area contributed by atoms with E-state index in [0.29, 0.717) is 11.4 Å². The number of aryl methyl sites for hydroxylation is 1. The molecular formula is C28H34N6O3+2. The number of methoxy groups -OCH3 is 1. The first kappa shape index (κ1) is 24.6. The number of fused-ring (bicyclic) bond motifs is 1. The van der Waals surface area contributed by atoms with Crippen LogP contribution in [0.5, 0.6) is 11.5 Å². The summed E-state index contributed by atoms with van der Waals surface area (Å²) in [5.41, 5.74) is 2.65. The lowest BCUT2D eigenvalue weighted by Gasteiger charge is -2.28. The van der Waals surface area contributed by atoms with Crippen LogP contribution in [0.4, 0.5) is 11.5 Å².